The fraction of sp³-hybridized carbons (Fsp3) is 0.808. The minimum absolute atomic E-state index is 0.0538. The molecule has 7 atom stereocenters. The molecule has 182 valence electrons. The van der Waals surface area contributed by atoms with Crippen LogP contribution >= 0.6 is 0 Å². The van der Waals surface area contributed by atoms with Crippen LogP contribution in [0.2, 0.25) is 0 Å². The zero-order valence-corrected chi connectivity index (χ0v) is 21.0. The number of esters is 1. The topological polar surface area (TPSA) is 72.6 Å². The summed E-state index contributed by atoms with van der Waals surface area (Å²) in [6.07, 6.45) is 8.62. The second kappa shape index (κ2) is 10.4. The van der Waals surface area contributed by atoms with E-state index in [4.69, 9.17) is 18.9 Å². The molecule has 0 amide bonds. The van der Waals surface area contributed by atoms with Crippen LogP contribution in [-0.4, -0.2) is 61.8 Å². The van der Waals surface area contributed by atoms with Crippen LogP contribution in [0.1, 0.15) is 73.6 Å². The number of hydrogen-bond donors (Lipinski definition) is 1. The van der Waals surface area contributed by atoms with E-state index in [9.17, 15) is 4.79 Å². The van der Waals surface area contributed by atoms with Crippen molar-refractivity contribution in [2.45, 2.75) is 109 Å². The summed E-state index contributed by atoms with van der Waals surface area (Å²) in [5, 5.41) is 3.29. The summed E-state index contributed by atoms with van der Waals surface area (Å²) in [7, 11) is 1.71. The predicted molar refractivity (Wildman–Crippen MR) is 126 cm³/mol. The highest BCUT2D eigenvalue weighted by molar-refractivity contribution is 5.72. The predicted octanol–water partition coefficient (Wildman–Crippen LogP) is 4.33. The van der Waals surface area contributed by atoms with Crippen molar-refractivity contribution >= 4 is 5.97 Å². The van der Waals surface area contributed by atoms with Gasteiger partial charge in [0.05, 0.1) is 25.2 Å². The van der Waals surface area contributed by atoms with E-state index in [-0.39, 0.29) is 54.0 Å². The summed E-state index contributed by atoms with van der Waals surface area (Å²) in [5.41, 5.74) is 2.10. The lowest BCUT2D eigenvalue weighted by Gasteiger charge is -2.42. The normalized spacial score (nSPS) is 36.3. The van der Waals surface area contributed by atoms with Crippen LogP contribution in [0.3, 0.4) is 0 Å². The third-order valence-electron chi connectivity index (χ3n) is 7.27. The molecule has 1 N–H and O–H groups in total. The second-order valence-electron chi connectivity index (χ2n) is 10.5. The number of methoxy groups -OCH3 is 1. The van der Waals surface area contributed by atoms with Crippen LogP contribution in [0.25, 0.3) is 0 Å². The fourth-order valence-corrected chi connectivity index (χ4v) is 5.26. The average molecular weight is 450 g/mol. The number of hydrogen-bond acceptors (Lipinski definition) is 6. The lowest BCUT2D eigenvalue weighted by Crippen LogP contribution is -2.56. The molecule has 6 heteroatoms. The third-order valence-corrected chi connectivity index (χ3v) is 7.27. The molecule has 1 aliphatic carbocycles. The molecule has 0 bridgehead atoms. The molecule has 2 aliphatic heterocycles. The summed E-state index contributed by atoms with van der Waals surface area (Å²) in [4.78, 5) is 12.6. The van der Waals surface area contributed by atoms with Gasteiger partial charge in [-0.3, -0.25) is 4.79 Å². The van der Waals surface area contributed by atoms with E-state index in [1.807, 2.05) is 0 Å². The smallest absolute Gasteiger partial charge is 0.320 e. The van der Waals surface area contributed by atoms with Gasteiger partial charge in [-0.2, -0.15) is 0 Å². The number of carbonyl (C=O) groups excluding carboxylic acids is 1. The highest BCUT2D eigenvalue weighted by Crippen LogP contribution is 2.59. The van der Waals surface area contributed by atoms with Gasteiger partial charge in [0.2, 0.25) is 0 Å². The first-order chi connectivity index (χ1) is 15.1. The van der Waals surface area contributed by atoms with Gasteiger partial charge in [-0.15, -0.1) is 0 Å². The van der Waals surface area contributed by atoms with Gasteiger partial charge in [0, 0.05) is 13.2 Å². The Kier molecular flexibility index (Phi) is 8.24. The van der Waals surface area contributed by atoms with E-state index in [0.29, 0.717) is 0 Å². The van der Waals surface area contributed by atoms with Crippen LogP contribution in [0, 0.1) is 5.92 Å². The van der Waals surface area contributed by atoms with E-state index < -0.39 is 0 Å². The van der Waals surface area contributed by atoms with Gasteiger partial charge in [-0.05, 0) is 73.6 Å². The zero-order chi connectivity index (χ0) is 23.5. The van der Waals surface area contributed by atoms with Gasteiger partial charge in [0.1, 0.15) is 23.4 Å². The van der Waals surface area contributed by atoms with Crippen LogP contribution in [0.15, 0.2) is 23.3 Å². The van der Waals surface area contributed by atoms with Crippen molar-refractivity contribution in [2.75, 3.05) is 20.3 Å². The molecule has 1 saturated carbocycles. The quantitative estimate of drug-likeness (QED) is 0.288. The lowest BCUT2D eigenvalue weighted by molar-refractivity contribution is -0.171. The maximum absolute atomic E-state index is 12.6. The Labute approximate surface area is 194 Å². The van der Waals surface area contributed by atoms with Gasteiger partial charge in [0.25, 0.3) is 0 Å². The molecular formula is C26H43NO5. The van der Waals surface area contributed by atoms with Crippen LogP contribution < -0.4 is 5.32 Å². The minimum atomic E-state index is -0.314. The summed E-state index contributed by atoms with van der Waals surface area (Å²) < 4.78 is 24.1. The van der Waals surface area contributed by atoms with Gasteiger partial charge in [-0.25, -0.2) is 0 Å². The molecule has 3 aliphatic rings. The third kappa shape index (κ3) is 6.02. The molecule has 0 radical (unpaired) electrons. The SMILES string of the molecule is CO[C@@H]1[C@H](OC(=O)CNC(C)CCC=C(C)C)CC[C@]2(CO2)[C@H]1[C@@]1(C)OC1CC=C(C)C. The van der Waals surface area contributed by atoms with Crippen molar-refractivity contribution in [2.24, 2.45) is 5.92 Å². The van der Waals surface area contributed by atoms with Gasteiger partial charge < -0.3 is 24.3 Å². The van der Waals surface area contributed by atoms with E-state index >= 15 is 0 Å². The molecule has 2 saturated heterocycles. The van der Waals surface area contributed by atoms with Crippen LogP contribution in [-0.2, 0) is 23.7 Å². The first-order valence-corrected chi connectivity index (χ1v) is 12.2. The Morgan fingerprint density at radius 1 is 1.22 bits per heavy atom. The molecular weight excluding hydrogens is 406 g/mol. The van der Waals surface area contributed by atoms with E-state index in [1.165, 1.54) is 11.1 Å². The van der Waals surface area contributed by atoms with Crippen molar-refractivity contribution in [1.29, 1.82) is 0 Å². The second-order valence-corrected chi connectivity index (χ2v) is 10.5. The molecule has 6 nitrogen and oxygen atoms in total. The van der Waals surface area contributed by atoms with Gasteiger partial charge >= 0.3 is 5.97 Å². The number of epoxide rings is 2. The van der Waals surface area contributed by atoms with Crippen molar-refractivity contribution in [3.8, 4) is 0 Å². The van der Waals surface area contributed by atoms with E-state index in [1.54, 1.807) is 7.11 Å². The summed E-state index contributed by atoms with van der Waals surface area (Å²) in [6.45, 7) is 13.6. The Bertz CT molecular complexity index is 720. The highest BCUT2D eigenvalue weighted by Gasteiger charge is 2.72. The Balaban J connectivity index is 1.57. The van der Waals surface area contributed by atoms with Crippen molar-refractivity contribution in [3.05, 3.63) is 23.3 Å². The number of ether oxygens (including phenoxy) is 4. The van der Waals surface area contributed by atoms with E-state index in [0.717, 1.165) is 38.7 Å². The maximum Gasteiger partial charge on any atom is 0.320 e. The molecule has 0 aromatic heterocycles. The fourth-order valence-electron chi connectivity index (χ4n) is 5.26. The minimum Gasteiger partial charge on any atom is -0.459 e. The maximum atomic E-state index is 12.6. The lowest BCUT2D eigenvalue weighted by atomic mass is 9.68. The average Bonchev–Trinajstić information content (AvgIpc) is 3.63. The van der Waals surface area contributed by atoms with Crippen molar-refractivity contribution in [3.63, 3.8) is 0 Å². The molecule has 0 aromatic carbocycles. The summed E-state index contributed by atoms with van der Waals surface area (Å²) >= 11 is 0. The van der Waals surface area contributed by atoms with E-state index in [2.05, 4.69) is 59.0 Å². The van der Waals surface area contributed by atoms with Gasteiger partial charge in [-0.1, -0.05) is 23.3 Å². The standard InChI is InChI=1S/C26H43NO5/c1-17(2)9-8-10-19(5)27-15-22(28)31-20-13-14-26(16-30-26)24(23(20)29-7)25(6)21(32-25)12-11-18(3)4/h9,11,19-21,23-24,27H,8,10,12-16H2,1-7H3/t19?,20-,21?,23-,24-,25+,26+/m1/s1. The van der Waals surface area contributed by atoms with Crippen LogP contribution in [0.5, 0.6) is 0 Å². The van der Waals surface area contributed by atoms with Crippen molar-refractivity contribution in [1.82, 2.24) is 5.32 Å². The summed E-state index contributed by atoms with van der Waals surface area (Å²) in [6, 6.07) is 0.258. The van der Waals surface area contributed by atoms with Crippen LogP contribution in [0.4, 0.5) is 0 Å². The number of nitrogens with one attached hydrogen (secondary N) is 1. The number of carbonyl (C=O) groups is 1. The molecule has 1 spiro atoms. The molecule has 32 heavy (non-hydrogen) atoms. The Morgan fingerprint density at radius 2 is 1.91 bits per heavy atom. The zero-order valence-electron chi connectivity index (χ0n) is 21.0. The molecule has 3 rings (SSSR count). The number of rotatable bonds is 11. The molecule has 2 unspecified atom stereocenters. The van der Waals surface area contributed by atoms with Crippen molar-refractivity contribution < 1.29 is 23.7 Å². The Morgan fingerprint density at radius 3 is 2.50 bits per heavy atom. The molecule has 0 aromatic rings. The molecule has 3 fully saturated rings. The highest BCUT2D eigenvalue weighted by atomic mass is 16.6. The first kappa shape index (κ1) is 25.4. The monoisotopic (exact) mass is 449 g/mol. The molecule has 2 heterocycles. The summed E-state index contributed by atoms with van der Waals surface area (Å²) in [5.74, 6) is -0.168. The Hall–Kier alpha value is -1.21. The first-order valence-electron chi connectivity index (χ1n) is 12.2. The number of allylic oxidation sites excluding steroid dienone is 3. The van der Waals surface area contributed by atoms with Gasteiger partial charge in [0.15, 0.2) is 0 Å². The largest absolute Gasteiger partial charge is 0.459 e.